The fraction of sp³-hybridized carbons (Fsp3) is 0.650. The lowest BCUT2D eigenvalue weighted by molar-refractivity contribution is 0.161. The van der Waals surface area contributed by atoms with Crippen LogP contribution in [0.3, 0.4) is 0 Å². The van der Waals surface area contributed by atoms with Gasteiger partial charge in [-0.15, -0.1) is 0 Å². The maximum absolute atomic E-state index is 12.8. The predicted molar refractivity (Wildman–Crippen MR) is 102 cm³/mol. The van der Waals surface area contributed by atoms with Gasteiger partial charge in [-0.25, -0.2) is 4.79 Å². The first kappa shape index (κ1) is 18.2. The molecule has 0 aliphatic carbocycles. The molecule has 1 N–H and O–H groups in total. The van der Waals surface area contributed by atoms with Crippen molar-refractivity contribution in [2.45, 2.75) is 44.8 Å². The first-order valence-corrected chi connectivity index (χ1v) is 9.64. The number of nitrogens with zero attached hydrogens (tertiary/aromatic N) is 3. The SMILES string of the molecule is CC1CN(Cc2ccccc2)CCCN1C(=O)NC1CCN(C)CC1. The zero-order valence-corrected chi connectivity index (χ0v) is 15.7. The van der Waals surface area contributed by atoms with E-state index in [4.69, 9.17) is 0 Å². The van der Waals surface area contributed by atoms with Gasteiger partial charge in [0.25, 0.3) is 0 Å². The van der Waals surface area contributed by atoms with Gasteiger partial charge in [0.1, 0.15) is 0 Å². The van der Waals surface area contributed by atoms with E-state index >= 15 is 0 Å². The lowest BCUT2D eigenvalue weighted by Crippen LogP contribution is -2.52. The third-order valence-corrected chi connectivity index (χ3v) is 5.48. The summed E-state index contributed by atoms with van der Waals surface area (Å²) in [7, 11) is 2.15. The summed E-state index contributed by atoms with van der Waals surface area (Å²) >= 11 is 0. The van der Waals surface area contributed by atoms with E-state index in [0.717, 1.165) is 58.5 Å². The van der Waals surface area contributed by atoms with Gasteiger partial charge in [0.2, 0.25) is 0 Å². The van der Waals surface area contributed by atoms with Crippen molar-refractivity contribution in [3.63, 3.8) is 0 Å². The molecule has 2 amide bonds. The number of amides is 2. The molecule has 5 nitrogen and oxygen atoms in total. The summed E-state index contributed by atoms with van der Waals surface area (Å²) in [5.41, 5.74) is 1.35. The van der Waals surface area contributed by atoms with Crippen LogP contribution in [-0.2, 0) is 6.54 Å². The number of hydrogen-bond donors (Lipinski definition) is 1. The molecule has 1 aromatic carbocycles. The van der Waals surface area contributed by atoms with Crippen molar-refractivity contribution in [1.29, 1.82) is 0 Å². The summed E-state index contributed by atoms with van der Waals surface area (Å²) in [5, 5.41) is 3.27. The van der Waals surface area contributed by atoms with Gasteiger partial charge >= 0.3 is 6.03 Å². The molecule has 3 rings (SSSR count). The van der Waals surface area contributed by atoms with E-state index in [1.54, 1.807) is 0 Å². The molecule has 0 saturated carbocycles. The molecule has 0 spiro atoms. The van der Waals surface area contributed by atoms with Crippen LogP contribution in [0.2, 0.25) is 0 Å². The van der Waals surface area contributed by atoms with E-state index in [0.29, 0.717) is 6.04 Å². The molecule has 1 aromatic rings. The van der Waals surface area contributed by atoms with Gasteiger partial charge in [0.05, 0.1) is 0 Å². The maximum atomic E-state index is 12.8. The molecule has 2 aliphatic rings. The molecule has 0 radical (unpaired) electrons. The van der Waals surface area contributed by atoms with E-state index in [2.05, 4.69) is 59.4 Å². The molecule has 2 aliphatic heterocycles. The van der Waals surface area contributed by atoms with Gasteiger partial charge < -0.3 is 15.1 Å². The van der Waals surface area contributed by atoms with Crippen molar-refractivity contribution in [3.8, 4) is 0 Å². The summed E-state index contributed by atoms with van der Waals surface area (Å²) in [5.74, 6) is 0. The van der Waals surface area contributed by atoms with E-state index in [1.165, 1.54) is 5.56 Å². The fourth-order valence-electron chi connectivity index (χ4n) is 3.95. The van der Waals surface area contributed by atoms with Crippen LogP contribution in [-0.4, -0.2) is 72.6 Å². The molecule has 0 bridgehead atoms. The summed E-state index contributed by atoms with van der Waals surface area (Å²) in [6.45, 7) is 8.14. The Hall–Kier alpha value is -1.59. The van der Waals surface area contributed by atoms with Gasteiger partial charge in [-0.3, -0.25) is 4.90 Å². The third-order valence-electron chi connectivity index (χ3n) is 5.48. The van der Waals surface area contributed by atoms with E-state index < -0.39 is 0 Å². The Balaban J connectivity index is 1.52. The van der Waals surface area contributed by atoms with E-state index in [1.807, 2.05) is 4.90 Å². The van der Waals surface area contributed by atoms with Crippen LogP contribution in [0.5, 0.6) is 0 Å². The molecule has 2 heterocycles. The summed E-state index contributed by atoms with van der Waals surface area (Å²) in [6, 6.07) is 11.3. The highest BCUT2D eigenvalue weighted by atomic mass is 16.2. The summed E-state index contributed by atoms with van der Waals surface area (Å²) in [6.07, 6.45) is 3.16. The molecule has 2 fully saturated rings. The lowest BCUT2D eigenvalue weighted by Gasteiger charge is -2.34. The highest BCUT2D eigenvalue weighted by Gasteiger charge is 2.27. The van der Waals surface area contributed by atoms with Crippen LogP contribution in [0.4, 0.5) is 4.79 Å². The van der Waals surface area contributed by atoms with Crippen LogP contribution >= 0.6 is 0 Å². The van der Waals surface area contributed by atoms with Gasteiger partial charge in [0, 0.05) is 38.3 Å². The number of rotatable bonds is 3. The number of carbonyl (C=O) groups is 1. The first-order chi connectivity index (χ1) is 12.1. The van der Waals surface area contributed by atoms with Crippen molar-refractivity contribution in [3.05, 3.63) is 35.9 Å². The topological polar surface area (TPSA) is 38.8 Å². The van der Waals surface area contributed by atoms with E-state index in [-0.39, 0.29) is 12.1 Å². The number of piperidine rings is 1. The highest BCUT2D eigenvalue weighted by molar-refractivity contribution is 5.75. The number of likely N-dealkylation sites (tertiary alicyclic amines) is 1. The van der Waals surface area contributed by atoms with Crippen molar-refractivity contribution >= 4 is 6.03 Å². The Morgan fingerprint density at radius 3 is 2.56 bits per heavy atom. The maximum Gasteiger partial charge on any atom is 0.317 e. The van der Waals surface area contributed by atoms with Crippen LogP contribution in [0.25, 0.3) is 0 Å². The van der Waals surface area contributed by atoms with Gasteiger partial charge in [-0.05, 0) is 51.9 Å². The predicted octanol–water partition coefficient (Wildman–Crippen LogP) is 2.39. The Morgan fingerprint density at radius 1 is 1.12 bits per heavy atom. The number of urea groups is 1. The number of nitrogens with one attached hydrogen (secondary N) is 1. The molecule has 0 aromatic heterocycles. The quantitative estimate of drug-likeness (QED) is 0.915. The van der Waals surface area contributed by atoms with Crippen molar-refractivity contribution in [2.75, 3.05) is 39.8 Å². The summed E-state index contributed by atoms with van der Waals surface area (Å²) < 4.78 is 0. The largest absolute Gasteiger partial charge is 0.335 e. The molecule has 5 heteroatoms. The zero-order chi connectivity index (χ0) is 17.6. The van der Waals surface area contributed by atoms with Crippen LogP contribution in [0.15, 0.2) is 30.3 Å². The Bertz CT molecular complexity index is 542. The smallest absolute Gasteiger partial charge is 0.317 e. The average Bonchev–Trinajstić information content (AvgIpc) is 2.79. The Kier molecular flexibility index (Phi) is 6.32. The standard InChI is InChI=1S/C20H32N4O/c1-17-15-23(16-18-7-4-3-5-8-18)11-6-12-24(17)20(25)21-19-9-13-22(2)14-10-19/h3-5,7-8,17,19H,6,9-16H2,1-2H3,(H,21,25). The highest BCUT2D eigenvalue weighted by Crippen LogP contribution is 2.15. The van der Waals surface area contributed by atoms with Crippen molar-refractivity contribution in [1.82, 2.24) is 20.0 Å². The minimum atomic E-state index is 0.128. The minimum absolute atomic E-state index is 0.128. The second-order valence-electron chi connectivity index (χ2n) is 7.64. The average molecular weight is 345 g/mol. The van der Waals surface area contributed by atoms with Gasteiger partial charge in [-0.1, -0.05) is 30.3 Å². The third kappa shape index (κ3) is 5.19. The Morgan fingerprint density at radius 2 is 1.84 bits per heavy atom. The minimum Gasteiger partial charge on any atom is -0.335 e. The lowest BCUT2D eigenvalue weighted by atomic mass is 10.1. The normalized spacial score (nSPS) is 24.1. The second kappa shape index (κ2) is 8.68. The van der Waals surface area contributed by atoms with Crippen molar-refractivity contribution < 1.29 is 4.79 Å². The Labute approximate surface area is 152 Å². The van der Waals surface area contributed by atoms with E-state index in [9.17, 15) is 4.79 Å². The molecular formula is C20H32N4O. The number of hydrogen-bond acceptors (Lipinski definition) is 3. The van der Waals surface area contributed by atoms with Gasteiger partial charge in [-0.2, -0.15) is 0 Å². The molecular weight excluding hydrogens is 312 g/mol. The summed E-state index contributed by atoms with van der Waals surface area (Å²) in [4.78, 5) is 19.6. The van der Waals surface area contributed by atoms with Crippen LogP contribution < -0.4 is 5.32 Å². The molecule has 25 heavy (non-hydrogen) atoms. The van der Waals surface area contributed by atoms with Crippen LogP contribution in [0.1, 0.15) is 31.7 Å². The molecule has 138 valence electrons. The van der Waals surface area contributed by atoms with Crippen LogP contribution in [0, 0.1) is 0 Å². The monoisotopic (exact) mass is 344 g/mol. The number of benzene rings is 1. The van der Waals surface area contributed by atoms with Crippen molar-refractivity contribution in [2.24, 2.45) is 0 Å². The first-order valence-electron chi connectivity index (χ1n) is 9.64. The number of carbonyl (C=O) groups excluding carboxylic acids is 1. The fourth-order valence-corrected chi connectivity index (χ4v) is 3.95. The zero-order valence-electron chi connectivity index (χ0n) is 15.7. The molecule has 1 unspecified atom stereocenters. The molecule has 2 saturated heterocycles. The van der Waals surface area contributed by atoms with Gasteiger partial charge in [0.15, 0.2) is 0 Å². The second-order valence-corrected chi connectivity index (χ2v) is 7.64. The molecule has 1 atom stereocenters.